The topological polar surface area (TPSA) is 213 Å². The number of aromatic amines is 1. The number of carboxylic acids is 1. The second-order valence-corrected chi connectivity index (χ2v) is 14.4. The number of ether oxygens (including phenoxy) is 1. The van der Waals surface area contributed by atoms with Gasteiger partial charge in [-0.2, -0.15) is 0 Å². The summed E-state index contributed by atoms with van der Waals surface area (Å²) in [6.07, 6.45) is 12.3. The molecule has 4 atom stereocenters. The molecule has 294 valence electrons. The number of rotatable bonds is 16. The van der Waals surface area contributed by atoms with Gasteiger partial charge in [0.15, 0.2) is 6.10 Å². The number of aliphatic carboxylic acids is 1. The number of H-pyrrole nitrogens is 1. The molecule has 3 aromatic rings. The fourth-order valence-electron chi connectivity index (χ4n) is 7.00. The van der Waals surface area contributed by atoms with E-state index in [0.29, 0.717) is 50.4 Å². The molecule has 0 unspecified atom stereocenters. The van der Waals surface area contributed by atoms with Gasteiger partial charge in [-0.15, -0.1) is 0 Å². The number of nitrogens with two attached hydrogens (primary N) is 1. The van der Waals surface area contributed by atoms with Crippen molar-refractivity contribution in [2.45, 2.75) is 121 Å². The van der Waals surface area contributed by atoms with Crippen molar-refractivity contribution in [1.29, 1.82) is 0 Å². The summed E-state index contributed by atoms with van der Waals surface area (Å²) in [5.41, 5.74) is 8.40. The summed E-state index contributed by atoms with van der Waals surface area (Å²) in [6, 6.07) is 13.7. The van der Waals surface area contributed by atoms with Gasteiger partial charge in [0, 0.05) is 57.0 Å². The van der Waals surface area contributed by atoms with Crippen molar-refractivity contribution in [3.8, 4) is 0 Å². The summed E-state index contributed by atoms with van der Waals surface area (Å²) in [5, 5.41) is 24.9. The number of pyridine rings is 1. The molecule has 0 bridgehead atoms. The molecule has 2 aromatic heterocycles. The van der Waals surface area contributed by atoms with Gasteiger partial charge in [0.1, 0.15) is 6.04 Å². The molecule has 3 amide bonds. The van der Waals surface area contributed by atoms with Gasteiger partial charge in [-0.05, 0) is 62.1 Å². The van der Waals surface area contributed by atoms with E-state index in [1.807, 2.05) is 48.5 Å². The van der Waals surface area contributed by atoms with Crippen LogP contribution in [-0.2, 0) is 38.4 Å². The Labute approximate surface area is 317 Å². The van der Waals surface area contributed by atoms with Gasteiger partial charge >= 0.3 is 6.09 Å². The van der Waals surface area contributed by atoms with Crippen LogP contribution in [0.4, 0.5) is 4.79 Å². The first kappa shape index (κ1) is 41.9. The number of amides is 3. The molecular weight excluding hydrogens is 690 g/mol. The average molecular weight is 748 g/mol. The van der Waals surface area contributed by atoms with Gasteiger partial charge < -0.3 is 41.2 Å². The van der Waals surface area contributed by atoms with Crippen LogP contribution in [0.15, 0.2) is 67.3 Å². The Balaban J connectivity index is 0.00000155. The Kier molecular flexibility index (Phi) is 17.4. The fourth-order valence-corrected chi connectivity index (χ4v) is 7.00. The lowest BCUT2D eigenvalue weighted by Crippen LogP contribution is -2.56. The number of carbonyl (C=O) groups is 4. The van der Waals surface area contributed by atoms with Gasteiger partial charge in [-0.25, -0.2) is 9.78 Å². The number of aliphatic hydroxyl groups excluding tert-OH is 1. The SMILES string of the molecule is CC(=O)O.NC1CCN(C(=O)O[C@@H](Cc2ccccc2)C(=O)N[C@@H](Cc2c[nH]cn2)C(=O)N[C@@H](CC2CCCCC2)[C@@H](O)CCCc2ccccn2)CC1. The molecule has 2 aliphatic rings. The quantitative estimate of drug-likeness (QED) is 0.124. The number of benzene rings is 1. The minimum absolute atomic E-state index is 0.0325. The van der Waals surface area contributed by atoms with Crippen LogP contribution in [0.3, 0.4) is 0 Å². The fraction of sp³-hybridized carbons (Fsp3) is 0.550. The van der Waals surface area contributed by atoms with E-state index in [1.165, 1.54) is 12.7 Å². The largest absolute Gasteiger partial charge is 0.481 e. The maximum absolute atomic E-state index is 14.1. The third kappa shape index (κ3) is 14.9. The Morgan fingerprint density at radius 2 is 1.63 bits per heavy atom. The number of piperidine rings is 1. The van der Waals surface area contributed by atoms with Gasteiger partial charge in [0.2, 0.25) is 5.91 Å². The zero-order valence-corrected chi connectivity index (χ0v) is 31.3. The highest BCUT2D eigenvalue weighted by Gasteiger charge is 2.34. The number of hydrogen-bond acceptors (Lipinski definition) is 9. The standard InChI is InChI=1S/C38H53N7O5.C2H4O2/c39-29-17-20-45(21-18-29)38(49)50-35(23-28-12-5-2-6-13-28)37(48)44-33(24-31-25-40-26-42-31)36(47)43-32(22-27-10-3-1-4-11-27)34(46)16-9-15-30-14-7-8-19-41-30;1-2(3)4/h2,5-8,12-14,19,25-27,29,32-35,46H,1,3-4,9-11,15-18,20-24,39H2,(H,40,42)(H,43,47)(H,44,48);1H3,(H,3,4)/t32-,33-,34-,35-;/m0./s1. The number of aryl methyl sites for hydroxylation is 1. The number of likely N-dealkylation sites (tertiary alicyclic amines) is 1. The summed E-state index contributed by atoms with van der Waals surface area (Å²) in [6.45, 7) is 1.99. The lowest BCUT2D eigenvalue weighted by molar-refractivity contribution is -0.135. The second-order valence-electron chi connectivity index (χ2n) is 14.4. The molecular formula is C40H57N7O7. The monoisotopic (exact) mass is 747 g/mol. The number of aliphatic hydroxyl groups is 1. The molecule has 1 aromatic carbocycles. The highest BCUT2D eigenvalue weighted by Crippen LogP contribution is 2.29. The van der Waals surface area contributed by atoms with E-state index in [2.05, 4.69) is 25.6 Å². The molecule has 1 aliphatic heterocycles. The minimum Gasteiger partial charge on any atom is -0.481 e. The van der Waals surface area contributed by atoms with E-state index in [0.717, 1.165) is 56.7 Å². The lowest BCUT2D eigenvalue weighted by atomic mass is 9.83. The highest BCUT2D eigenvalue weighted by molar-refractivity contribution is 5.90. The molecule has 0 radical (unpaired) electrons. The molecule has 0 spiro atoms. The first-order chi connectivity index (χ1) is 26.1. The number of carbonyl (C=O) groups excluding carboxylic acids is 3. The van der Waals surface area contributed by atoms with Crippen LogP contribution in [-0.4, -0.2) is 97.4 Å². The van der Waals surface area contributed by atoms with Crippen molar-refractivity contribution >= 4 is 23.9 Å². The zero-order chi connectivity index (χ0) is 38.7. The summed E-state index contributed by atoms with van der Waals surface area (Å²) >= 11 is 0. The van der Waals surface area contributed by atoms with E-state index in [4.69, 9.17) is 20.4 Å². The zero-order valence-electron chi connectivity index (χ0n) is 31.3. The van der Waals surface area contributed by atoms with Crippen molar-refractivity contribution in [2.75, 3.05) is 13.1 Å². The van der Waals surface area contributed by atoms with Crippen LogP contribution in [0.25, 0.3) is 0 Å². The van der Waals surface area contributed by atoms with E-state index < -0.39 is 48.2 Å². The molecule has 14 nitrogen and oxygen atoms in total. The maximum atomic E-state index is 14.1. The first-order valence-corrected chi connectivity index (χ1v) is 19.2. The van der Waals surface area contributed by atoms with Crippen LogP contribution in [0.2, 0.25) is 0 Å². The molecule has 14 heteroatoms. The summed E-state index contributed by atoms with van der Waals surface area (Å²) < 4.78 is 5.84. The summed E-state index contributed by atoms with van der Waals surface area (Å²) in [4.78, 5) is 63.5. The second kappa shape index (κ2) is 22.4. The number of hydrogen-bond donors (Lipinski definition) is 6. The molecule has 1 aliphatic carbocycles. The maximum Gasteiger partial charge on any atom is 0.410 e. The van der Waals surface area contributed by atoms with E-state index in [9.17, 15) is 19.5 Å². The molecule has 7 N–H and O–H groups in total. The Bertz CT molecular complexity index is 1540. The number of nitrogens with one attached hydrogen (secondary N) is 3. The third-order valence-corrected chi connectivity index (χ3v) is 9.96. The van der Waals surface area contributed by atoms with Crippen molar-refractivity contribution in [2.24, 2.45) is 11.7 Å². The van der Waals surface area contributed by atoms with E-state index in [-0.39, 0.29) is 18.9 Å². The molecule has 3 heterocycles. The molecule has 1 saturated heterocycles. The van der Waals surface area contributed by atoms with Crippen LogP contribution in [0, 0.1) is 5.92 Å². The van der Waals surface area contributed by atoms with Gasteiger partial charge in [-0.3, -0.25) is 19.4 Å². The van der Waals surface area contributed by atoms with Gasteiger partial charge in [0.25, 0.3) is 11.9 Å². The minimum atomic E-state index is -1.18. The molecule has 1 saturated carbocycles. The predicted octanol–water partition coefficient (Wildman–Crippen LogP) is 3.93. The number of nitrogens with zero attached hydrogens (tertiary/aromatic N) is 3. The lowest BCUT2D eigenvalue weighted by Gasteiger charge is -2.32. The van der Waals surface area contributed by atoms with Crippen molar-refractivity contribution in [3.63, 3.8) is 0 Å². The van der Waals surface area contributed by atoms with E-state index >= 15 is 0 Å². The average Bonchev–Trinajstić information content (AvgIpc) is 3.68. The Hall–Kier alpha value is -4.82. The molecule has 2 fully saturated rings. The van der Waals surface area contributed by atoms with Crippen LogP contribution >= 0.6 is 0 Å². The Morgan fingerprint density at radius 3 is 2.28 bits per heavy atom. The van der Waals surface area contributed by atoms with Gasteiger partial charge in [0.05, 0.1) is 24.2 Å². The molecule has 54 heavy (non-hydrogen) atoms. The van der Waals surface area contributed by atoms with Crippen LogP contribution in [0.1, 0.15) is 88.1 Å². The summed E-state index contributed by atoms with van der Waals surface area (Å²) in [7, 11) is 0. The van der Waals surface area contributed by atoms with Crippen molar-refractivity contribution < 1.29 is 34.1 Å². The van der Waals surface area contributed by atoms with Crippen molar-refractivity contribution in [1.82, 2.24) is 30.5 Å². The smallest absolute Gasteiger partial charge is 0.410 e. The highest BCUT2D eigenvalue weighted by atomic mass is 16.6. The number of carboxylic acid groups (broad SMARTS) is 1. The van der Waals surface area contributed by atoms with Crippen LogP contribution in [0.5, 0.6) is 0 Å². The first-order valence-electron chi connectivity index (χ1n) is 19.2. The third-order valence-electron chi connectivity index (χ3n) is 9.96. The Morgan fingerprint density at radius 1 is 0.926 bits per heavy atom. The molecule has 5 rings (SSSR count). The number of aromatic nitrogens is 3. The van der Waals surface area contributed by atoms with E-state index in [1.54, 1.807) is 17.3 Å². The van der Waals surface area contributed by atoms with Gasteiger partial charge in [-0.1, -0.05) is 68.5 Å². The summed E-state index contributed by atoms with van der Waals surface area (Å²) in [5.74, 6) is -1.43. The predicted molar refractivity (Wildman–Crippen MR) is 203 cm³/mol. The normalized spacial score (nSPS) is 17.2. The number of imidazole rings is 1. The van der Waals surface area contributed by atoms with Crippen molar-refractivity contribution in [3.05, 3.63) is 84.2 Å². The van der Waals surface area contributed by atoms with Crippen LogP contribution < -0.4 is 16.4 Å².